The van der Waals surface area contributed by atoms with E-state index in [1.165, 1.54) is 0 Å². The van der Waals surface area contributed by atoms with Crippen molar-refractivity contribution in [3.05, 3.63) is 28.2 Å². The minimum absolute atomic E-state index is 0.439. The molecule has 0 aliphatic carbocycles. The maximum Gasteiger partial charge on any atom is 0.0772 e. The van der Waals surface area contributed by atoms with Gasteiger partial charge in [0.2, 0.25) is 0 Å². The molecule has 1 atom stereocenters. The number of halogens is 1. The Morgan fingerprint density at radius 3 is 2.35 bits per heavy atom. The van der Waals surface area contributed by atoms with Crippen LogP contribution in [-0.2, 0) is 0 Å². The fourth-order valence-electron chi connectivity index (χ4n) is 1.57. The smallest absolute Gasteiger partial charge is 0.0772 e. The van der Waals surface area contributed by atoms with Gasteiger partial charge in [0.05, 0.1) is 6.10 Å². The standard InChI is InChI=1S/C13H21BrN2O/c1-10(17)12-6-5-11(9-13(12)14)16(4)8-7-15(2)3/h5-6,9-10,17H,7-8H2,1-4H3. The Hall–Kier alpha value is -0.580. The normalized spacial score (nSPS) is 12.9. The molecule has 0 radical (unpaired) electrons. The monoisotopic (exact) mass is 300 g/mol. The second kappa shape index (κ2) is 6.38. The molecular weight excluding hydrogens is 280 g/mol. The van der Waals surface area contributed by atoms with Crippen LogP contribution in [0.5, 0.6) is 0 Å². The van der Waals surface area contributed by atoms with Crippen molar-refractivity contribution >= 4 is 21.6 Å². The highest BCUT2D eigenvalue weighted by Gasteiger charge is 2.08. The molecule has 0 fully saturated rings. The molecule has 1 rings (SSSR count). The predicted molar refractivity (Wildman–Crippen MR) is 76.6 cm³/mol. The van der Waals surface area contributed by atoms with Crippen molar-refractivity contribution < 1.29 is 5.11 Å². The molecule has 1 unspecified atom stereocenters. The van der Waals surface area contributed by atoms with Gasteiger partial charge in [0.1, 0.15) is 0 Å². The Bertz CT molecular complexity index is 366. The van der Waals surface area contributed by atoms with Gasteiger partial charge in [-0.1, -0.05) is 22.0 Å². The highest BCUT2D eigenvalue weighted by molar-refractivity contribution is 9.10. The third kappa shape index (κ3) is 4.30. The molecule has 0 amide bonds. The molecule has 0 spiro atoms. The summed E-state index contributed by atoms with van der Waals surface area (Å²) in [4.78, 5) is 4.37. The Labute approximate surface area is 112 Å². The summed E-state index contributed by atoms with van der Waals surface area (Å²) in [5.74, 6) is 0. The average molecular weight is 301 g/mol. The van der Waals surface area contributed by atoms with Crippen LogP contribution in [0.4, 0.5) is 5.69 Å². The third-order valence-electron chi connectivity index (χ3n) is 2.76. The van der Waals surface area contributed by atoms with E-state index in [-0.39, 0.29) is 0 Å². The lowest BCUT2D eigenvalue weighted by molar-refractivity contribution is 0.198. The van der Waals surface area contributed by atoms with Gasteiger partial charge in [-0.25, -0.2) is 0 Å². The zero-order valence-electron chi connectivity index (χ0n) is 10.9. The molecule has 1 aromatic rings. The minimum Gasteiger partial charge on any atom is -0.389 e. The highest BCUT2D eigenvalue weighted by atomic mass is 79.9. The van der Waals surface area contributed by atoms with Crippen molar-refractivity contribution in [2.45, 2.75) is 13.0 Å². The number of nitrogens with zero attached hydrogens (tertiary/aromatic N) is 2. The second-order valence-corrected chi connectivity index (χ2v) is 5.46. The van der Waals surface area contributed by atoms with E-state index in [0.29, 0.717) is 0 Å². The van der Waals surface area contributed by atoms with Crippen LogP contribution in [0.3, 0.4) is 0 Å². The number of aliphatic hydroxyl groups is 1. The fraction of sp³-hybridized carbons (Fsp3) is 0.538. The summed E-state index contributed by atoms with van der Waals surface area (Å²) in [6.45, 7) is 3.77. The van der Waals surface area contributed by atoms with Gasteiger partial charge < -0.3 is 14.9 Å². The number of aliphatic hydroxyl groups excluding tert-OH is 1. The minimum atomic E-state index is -0.439. The Balaban J connectivity index is 2.75. The molecule has 4 heteroatoms. The van der Waals surface area contributed by atoms with Crippen LogP contribution in [0.15, 0.2) is 22.7 Å². The lowest BCUT2D eigenvalue weighted by Gasteiger charge is -2.22. The average Bonchev–Trinajstić information content (AvgIpc) is 2.25. The summed E-state index contributed by atoms with van der Waals surface area (Å²) < 4.78 is 0.960. The molecule has 17 heavy (non-hydrogen) atoms. The van der Waals surface area contributed by atoms with Gasteiger partial charge in [0.15, 0.2) is 0 Å². The first kappa shape index (κ1) is 14.5. The van der Waals surface area contributed by atoms with Gasteiger partial charge >= 0.3 is 0 Å². The van der Waals surface area contributed by atoms with Crippen molar-refractivity contribution in [1.82, 2.24) is 4.90 Å². The lowest BCUT2D eigenvalue weighted by atomic mass is 10.1. The summed E-state index contributed by atoms with van der Waals surface area (Å²) in [6, 6.07) is 6.07. The van der Waals surface area contributed by atoms with E-state index in [2.05, 4.69) is 52.9 Å². The van der Waals surface area contributed by atoms with Crippen molar-refractivity contribution in [2.75, 3.05) is 39.1 Å². The van der Waals surface area contributed by atoms with Gasteiger partial charge in [-0.05, 0) is 38.7 Å². The van der Waals surface area contributed by atoms with Gasteiger partial charge in [-0.3, -0.25) is 0 Å². The highest BCUT2D eigenvalue weighted by Crippen LogP contribution is 2.27. The van der Waals surface area contributed by atoms with Crippen LogP contribution in [0, 0.1) is 0 Å². The maximum absolute atomic E-state index is 9.56. The first-order chi connectivity index (χ1) is 7.91. The quantitative estimate of drug-likeness (QED) is 0.905. The molecule has 0 saturated heterocycles. The molecule has 0 aromatic heterocycles. The first-order valence-electron chi connectivity index (χ1n) is 5.75. The van der Waals surface area contributed by atoms with E-state index in [1.807, 2.05) is 12.1 Å². The fourth-order valence-corrected chi connectivity index (χ4v) is 2.27. The number of likely N-dealkylation sites (N-methyl/N-ethyl adjacent to an activating group) is 2. The van der Waals surface area contributed by atoms with Gasteiger partial charge in [0.25, 0.3) is 0 Å². The molecule has 0 aliphatic rings. The Kier molecular flexibility index (Phi) is 5.43. The van der Waals surface area contributed by atoms with Gasteiger partial charge in [0, 0.05) is 30.3 Å². The van der Waals surface area contributed by atoms with Crippen LogP contribution < -0.4 is 4.90 Å². The largest absolute Gasteiger partial charge is 0.389 e. The number of rotatable bonds is 5. The van der Waals surface area contributed by atoms with Crippen LogP contribution >= 0.6 is 15.9 Å². The molecule has 0 aliphatic heterocycles. The van der Waals surface area contributed by atoms with E-state index < -0.39 is 6.10 Å². The zero-order valence-corrected chi connectivity index (χ0v) is 12.5. The van der Waals surface area contributed by atoms with Crippen molar-refractivity contribution in [1.29, 1.82) is 0 Å². The molecule has 1 N–H and O–H groups in total. The molecular formula is C13H21BrN2O. The molecule has 1 aromatic carbocycles. The van der Waals surface area contributed by atoms with Gasteiger partial charge in [-0.15, -0.1) is 0 Å². The van der Waals surface area contributed by atoms with Crippen LogP contribution in [-0.4, -0.2) is 44.2 Å². The first-order valence-corrected chi connectivity index (χ1v) is 6.54. The lowest BCUT2D eigenvalue weighted by Crippen LogP contribution is -2.28. The van der Waals surface area contributed by atoms with Crippen molar-refractivity contribution in [3.63, 3.8) is 0 Å². The summed E-state index contributed by atoms with van der Waals surface area (Å²) in [5, 5.41) is 9.56. The predicted octanol–water partition coefficient (Wildman–Crippen LogP) is 2.50. The summed E-state index contributed by atoms with van der Waals surface area (Å²) in [6.07, 6.45) is -0.439. The second-order valence-electron chi connectivity index (χ2n) is 4.61. The molecule has 0 bridgehead atoms. The number of hydrogen-bond donors (Lipinski definition) is 1. The molecule has 3 nitrogen and oxygen atoms in total. The van der Waals surface area contributed by atoms with Crippen LogP contribution in [0.25, 0.3) is 0 Å². The molecule has 96 valence electrons. The van der Waals surface area contributed by atoms with E-state index in [9.17, 15) is 5.11 Å². The third-order valence-corrected chi connectivity index (χ3v) is 3.44. The maximum atomic E-state index is 9.56. The summed E-state index contributed by atoms with van der Waals surface area (Å²) in [7, 11) is 6.22. The van der Waals surface area contributed by atoms with Gasteiger partial charge in [-0.2, -0.15) is 0 Å². The number of hydrogen-bond acceptors (Lipinski definition) is 3. The zero-order chi connectivity index (χ0) is 13.0. The number of benzene rings is 1. The number of anilines is 1. The molecule has 0 heterocycles. The summed E-state index contributed by atoms with van der Waals surface area (Å²) >= 11 is 3.50. The van der Waals surface area contributed by atoms with E-state index in [0.717, 1.165) is 28.8 Å². The van der Waals surface area contributed by atoms with Crippen LogP contribution in [0.1, 0.15) is 18.6 Å². The molecule has 0 saturated carbocycles. The SMILES string of the molecule is CC(O)c1ccc(N(C)CCN(C)C)cc1Br. The summed E-state index contributed by atoms with van der Waals surface area (Å²) in [5.41, 5.74) is 2.08. The van der Waals surface area contributed by atoms with Crippen molar-refractivity contribution in [3.8, 4) is 0 Å². The van der Waals surface area contributed by atoms with E-state index in [1.54, 1.807) is 6.92 Å². The topological polar surface area (TPSA) is 26.7 Å². The Morgan fingerprint density at radius 2 is 1.88 bits per heavy atom. The van der Waals surface area contributed by atoms with E-state index >= 15 is 0 Å². The van der Waals surface area contributed by atoms with Crippen molar-refractivity contribution in [2.24, 2.45) is 0 Å². The van der Waals surface area contributed by atoms with Crippen LogP contribution in [0.2, 0.25) is 0 Å². The Morgan fingerprint density at radius 1 is 1.24 bits per heavy atom. The van der Waals surface area contributed by atoms with E-state index in [4.69, 9.17) is 0 Å².